The molecule has 0 aromatic carbocycles. The van der Waals surface area contributed by atoms with E-state index < -0.39 is 12.1 Å². The number of aliphatic imine (C=N–C) groups is 1. The van der Waals surface area contributed by atoms with Gasteiger partial charge in [0.15, 0.2) is 0 Å². The van der Waals surface area contributed by atoms with Gasteiger partial charge in [-0.25, -0.2) is 13.2 Å². The first kappa shape index (κ1) is 24.4. The van der Waals surface area contributed by atoms with Crippen LogP contribution in [0.3, 0.4) is 0 Å². The lowest BCUT2D eigenvalue weighted by atomic mass is 9.98. The van der Waals surface area contributed by atoms with E-state index in [1.54, 1.807) is 19.3 Å². The molecule has 2 unspecified atom stereocenters. The molecule has 0 aliphatic carbocycles. The number of allylic oxidation sites excluding steroid dienone is 1. The van der Waals surface area contributed by atoms with Crippen molar-refractivity contribution in [3.05, 3.63) is 24.4 Å². The summed E-state index contributed by atoms with van der Waals surface area (Å²) in [5.74, 6) is -2.91. The van der Waals surface area contributed by atoms with Crippen LogP contribution in [0, 0.1) is 0 Å². The second-order valence-electron chi connectivity index (χ2n) is 7.57. The van der Waals surface area contributed by atoms with E-state index in [0.29, 0.717) is 18.7 Å². The fourth-order valence-electron chi connectivity index (χ4n) is 3.31. The number of rotatable bonds is 11. The Kier molecular flexibility index (Phi) is 9.93. The SMILES string of the molecule is C=CCN(CC(=O)N(C)CCCC(C)(F)F)C1CCC(CC)=CN=C1C(C)F. The van der Waals surface area contributed by atoms with E-state index in [9.17, 15) is 18.0 Å². The Labute approximate surface area is 167 Å². The van der Waals surface area contributed by atoms with Crippen molar-refractivity contribution in [1.29, 1.82) is 0 Å². The van der Waals surface area contributed by atoms with E-state index in [1.807, 2.05) is 11.8 Å². The number of halogens is 3. The summed E-state index contributed by atoms with van der Waals surface area (Å²) < 4.78 is 40.2. The number of likely N-dealkylation sites (N-methyl/N-ethyl adjacent to an activating group) is 1. The Morgan fingerprint density at radius 1 is 1.50 bits per heavy atom. The van der Waals surface area contributed by atoms with Gasteiger partial charge in [0.1, 0.15) is 6.17 Å². The van der Waals surface area contributed by atoms with Crippen molar-refractivity contribution in [2.75, 3.05) is 26.7 Å². The zero-order chi connectivity index (χ0) is 21.3. The third kappa shape index (κ3) is 8.17. The Hall–Kier alpha value is -1.63. The molecule has 1 heterocycles. The van der Waals surface area contributed by atoms with Crippen molar-refractivity contribution in [2.24, 2.45) is 4.99 Å². The lowest BCUT2D eigenvalue weighted by Crippen LogP contribution is -2.48. The minimum Gasteiger partial charge on any atom is -0.345 e. The van der Waals surface area contributed by atoms with Gasteiger partial charge in [0, 0.05) is 32.8 Å². The van der Waals surface area contributed by atoms with Crippen molar-refractivity contribution < 1.29 is 18.0 Å². The second-order valence-corrected chi connectivity index (χ2v) is 7.57. The molecule has 1 aliphatic heterocycles. The van der Waals surface area contributed by atoms with E-state index in [1.165, 1.54) is 11.8 Å². The summed E-state index contributed by atoms with van der Waals surface area (Å²) in [6.07, 6.45) is 4.52. The normalized spacial score (nSPS) is 18.9. The summed E-state index contributed by atoms with van der Waals surface area (Å²) in [4.78, 5) is 20.3. The largest absolute Gasteiger partial charge is 0.345 e. The topological polar surface area (TPSA) is 35.9 Å². The maximum Gasteiger partial charge on any atom is 0.245 e. The summed E-state index contributed by atoms with van der Waals surface area (Å²) >= 11 is 0. The molecule has 1 rings (SSSR count). The molecule has 0 fully saturated rings. The van der Waals surface area contributed by atoms with Gasteiger partial charge < -0.3 is 4.90 Å². The number of carbonyl (C=O) groups is 1. The first-order valence-corrected chi connectivity index (χ1v) is 9.95. The van der Waals surface area contributed by atoms with Crippen LogP contribution in [-0.4, -0.2) is 66.2 Å². The van der Waals surface area contributed by atoms with Gasteiger partial charge >= 0.3 is 0 Å². The average Bonchev–Trinajstić information content (AvgIpc) is 2.82. The molecule has 160 valence electrons. The number of amides is 1. The van der Waals surface area contributed by atoms with Gasteiger partial charge in [0.2, 0.25) is 11.8 Å². The minimum absolute atomic E-state index is 0.0723. The van der Waals surface area contributed by atoms with Crippen LogP contribution in [0.25, 0.3) is 0 Å². The smallest absolute Gasteiger partial charge is 0.245 e. The van der Waals surface area contributed by atoms with Gasteiger partial charge in [-0.3, -0.25) is 14.7 Å². The highest BCUT2D eigenvalue weighted by Crippen LogP contribution is 2.23. The predicted octanol–water partition coefficient (Wildman–Crippen LogP) is 4.62. The first-order valence-electron chi connectivity index (χ1n) is 9.95. The average molecular weight is 402 g/mol. The van der Waals surface area contributed by atoms with E-state index in [4.69, 9.17) is 0 Å². The van der Waals surface area contributed by atoms with Crippen LogP contribution in [0.4, 0.5) is 13.2 Å². The fourth-order valence-corrected chi connectivity index (χ4v) is 3.31. The molecular weight excluding hydrogens is 367 g/mol. The molecule has 4 nitrogen and oxygen atoms in total. The molecular formula is C21H34F3N3O. The summed E-state index contributed by atoms with van der Waals surface area (Å²) in [5, 5.41) is 0. The lowest BCUT2D eigenvalue weighted by molar-refractivity contribution is -0.131. The van der Waals surface area contributed by atoms with Gasteiger partial charge in [-0.1, -0.05) is 18.6 Å². The standard InChI is InChI=1S/C21H34F3N3O/c1-6-12-27(15-19(28)26(5)13-8-11-21(4,23)24)18-10-9-17(7-2)14-25-20(18)16(3)22/h6,14,16,18H,1,7-13,15H2,2-5H3. The van der Waals surface area contributed by atoms with Gasteiger partial charge in [-0.15, -0.1) is 6.58 Å². The van der Waals surface area contributed by atoms with Crippen molar-refractivity contribution in [1.82, 2.24) is 9.80 Å². The van der Waals surface area contributed by atoms with E-state index in [-0.39, 0.29) is 37.9 Å². The third-order valence-corrected chi connectivity index (χ3v) is 5.02. The fraction of sp³-hybridized carbons (Fsp3) is 0.714. The minimum atomic E-state index is -2.73. The highest BCUT2D eigenvalue weighted by Gasteiger charge is 2.30. The Bertz CT molecular complexity index is 582. The highest BCUT2D eigenvalue weighted by molar-refractivity contribution is 5.94. The maximum absolute atomic E-state index is 14.2. The van der Waals surface area contributed by atoms with Crippen molar-refractivity contribution in [3.63, 3.8) is 0 Å². The van der Waals surface area contributed by atoms with Crippen molar-refractivity contribution in [2.45, 2.75) is 71.0 Å². The summed E-state index contributed by atoms with van der Waals surface area (Å²) in [6, 6.07) is -0.296. The molecule has 1 amide bonds. The second kappa shape index (κ2) is 11.4. The number of hydrogen-bond donors (Lipinski definition) is 0. The van der Waals surface area contributed by atoms with Crippen LogP contribution in [0.1, 0.15) is 52.9 Å². The third-order valence-electron chi connectivity index (χ3n) is 5.02. The van der Waals surface area contributed by atoms with E-state index >= 15 is 0 Å². The van der Waals surface area contributed by atoms with Gasteiger partial charge in [0.05, 0.1) is 18.3 Å². The lowest BCUT2D eigenvalue weighted by Gasteiger charge is -2.32. The van der Waals surface area contributed by atoms with Crippen LogP contribution in [-0.2, 0) is 4.79 Å². The molecule has 28 heavy (non-hydrogen) atoms. The summed E-state index contributed by atoms with van der Waals surface area (Å²) in [7, 11) is 1.61. The predicted molar refractivity (Wildman–Crippen MR) is 109 cm³/mol. The zero-order valence-corrected chi connectivity index (χ0v) is 17.6. The monoisotopic (exact) mass is 401 g/mol. The molecule has 0 saturated heterocycles. The quantitative estimate of drug-likeness (QED) is 0.474. The molecule has 2 atom stereocenters. The van der Waals surface area contributed by atoms with Crippen LogP contribution < -0.4 is 0 Å². The molecule has 0 N–H and O–H groups in total. The number of carbonyl (C=O) groups excluding carboxylic acids is 1. The first-order chi connectivity index (χ1) is 13.1. The van der Waals surface area contributed by atoms with Crippen molar-refractivity contribution >= 4 is 11.6 Å². The van der Waals surface area contributed by atoms with E-state index in [2.05, 4.69) is 11.6 Å². The molecule has 0 saturated carbocycles. The van der Waals surface area contributed by atoms with Gasteiger partial charge in [-0.2, -0.15) is 0 Å². The number of hydrogen-bond acceptors (Lipinski definition) is 3. The van der Waals surface area contributed by atoms with Gasteiger partial charge in [-0.05, 0) is 39.5 Å². The summed E-state index contributed by atoms with van der Waals surface area (Å²) in [6.45, 7) is 8.89. The van der Waals surface area contributed by atoms with Crippen molar-refractivity contribution in [3.8, 4) is 0 Å². The molecule has 1 aliphatic rings. The summed E-state index contributed by atoms with van der Waals surface area (Å²) in [5.41, 5.74) is 1.58. The molecule has 0 bridgehead atoms. The zero-order valence-electron chi connectivity index (χ0n) is 17.6. The molecule has 7 heteroatoms. The van der Waals surface area contributed by atoms with Crippen LogP contribution >= 0.6 is 0 Å². The Morgan fingerprint density at radius 2 is 2.18 bits per heavy atom. The molecule has 0 aromatic rings. The highest BCUT2D eigenvalue weighted by atomic mass is 19.3. The number of nitrogens with zero attached hydrogens (tertiary/aromatic N) is 3. The molecule has 0 aromatic heterocycles. The van der Waals surface area contributed by atoms with Gasteiger partial charge in [0.25, 0.3) is 0 Å². The molecule has 0 spiro atoms. The van der Waals surface area contributed by atoms with Crippen LogP contribution in [0.5, 0.6) is 0 Å². The number of alkyl halides is 3. The van der Waals surface area contributed by atoms with Crippen LogP contribution in [0.2, 0.25) is 0 Å². The Balaban J connectivity index is 2.82. The van der Waals surface area contributed by atoms with Crippen LogP contribution in [0.15, 0.2) is 29.4 Å². The van der Waals surface area contributed by atoms with E-state index in [0.717, 1.165) is 25.3 Å². The molecule has 0 radical (unpaired) electrons. The maximum atomic E-state index is 14.2. The Morgan fingerprint density at radius 3 is 2.71 bits per heavy atom.